The number of nitrogens with two attached hydrogens (primary N) is 1. The van der Waals surface area contributed by atoms with E-state index in [9.17, 15) is 4.79 Å². The Bertz CT molecular complexity index is 511. The fourth-order valence-corrected chi connectivity index (χ4v) is 1.62. The van der Waals surface area contributed by atoms with Gasteiger partial charge in [0.25, 0.3) is 0 Å². The predicted octanol–water partition coefficient (Wildman–Crippen LogP) is 2.27. The van der Waals surface area contributed by atoms with Gasteiger partial charge in [-0.15, -0.1) is 0 Å². The van der Waals surface area contributed by atoms with Gasteiger partial charge < -0.3 is 10.2 Å². The van der Waals surface area contributed by atoms with E-state index in [1.54, 1.807) is 6.92 Å². The first-order chi connectivity index (χ1) is 7.11. The highest BCUT2D eigenvalue weighted by Gasteiger charge is 2.19. The molecule has 1 atom stereocenters. The van der Waals surface area contributed by atoms with E-state index in [0.29, 0.717) is 5.76 Å². The van der Waals surface area contributed by atoms with E-state index in [2.05, 4.69) is 0 Å². The molecule has 2 N–H and O–H groups in total. The quantitative estimate of drug-likeness (QED) is 0.762. The van der Waals surface area contributed by atoms with Gasteiger partial charge in [-0.1, -0.05) is 18.2 Å². The highest BCUT2D eigenvalue weighted by atomic mass is 16.3. The van der Waals surface area contributed by atoms with E-state index in [1.807, 2.05) is 31.2 Å². The van der Waals surface area contributed by atoms with Crippen LogP contribution in [0, 0.1) is 6.92 Å². The minimum absolute atomic E-state index is 0.149. The van der Waals surface area contributed by atoms with Gasteiger partial charge in [-0.3, -0.25) is 4.79 Å². The molecule has 1 aromatic heterocycles. The number of furan rings is 1. The summed E-state index contributed by atoms with van der Waals surface area (Å²) in [7, 11) is 0. The topological polar surface area (TPSA) is 56.2 Å². The van der Waals surface area contributed by atoms with Gasteiger partial charge in [0.1, 0.15) is 5.58 Å². The molecule has 0 radical (unpaired) electrons. The summed E-state index contributed by atoms with van der Waals surface area (Å²) in [6.45, 7) is 3.54. The van der Waals surface area contributed by atoms with Crippen molar-refractivity contribution in [1.29, 1.82) is 0 Å². The monoisotopic (exact) mass is 203 g/mol. The Labute approximate surface area is 87.9 Å². The Balaban J connectivity index is 2.63. The van der Waals surface area contributed by atoms with E-state index in [1.165, 1.54) is 0 Å². The van der Waals surface area contributed by atoms with Crippen molar-refractivity contribution in [2.24, 2.45) is 5.73 Å². The standard InChI is InChI=1S/C12H13NO2/c1-7-9-5-3-4-6-10(9)15-12(7)11(14)8(2)13/h3-6,8H,13H2,1-2H3. The van der Waals surface area contributed by atoms with Crippen LogP contribution in [-0.2, 0) is 0 Å². The van der Waals surface area contributed by atoms with Crippen LogP contribution < -0.4 is 5.73 Å². The molecule has 1 aromatic carbocycles. The first kappa shape index (κ1) is 9.93. The number of hydrogen-bond acceptors (Lipinski definition) is 3. The SMILES string of the molecule is Cc1c(C(=O)C(C)N)oc2ccccc12. The molecule has 15 heavy (non-hydrogen) atoms. The largest absolute Gasteiger partial charge is 0.453 e. The third-order valence-corrected chi connectivity index (χ3v) is 2.48. The van der Waals surface area contributed by atoms with Gasteiger partial charge in [0.05, 0.1) is 6.04 Å². The number of aryl methyl sites for hydroxylation is 1. The Kier molecular flexibility index (Phi) is 2.32. The molecule has 3 nitrogen and oxygen atoms in total. The Morgan fingerprint density at radius 3 is 2.67 bits per heavy atom. The third kappa shape index (κ3) is 1.55. The van der Waals surface area contributed by atoms with Crippen molar-refractivity contribution in [3.05, 3.63) is 35.6 Å². The van der Waals surface area contributed by atoms with Crippen LogP contribution in [0.4, 0.5) is 0 Å². The van der Waals surface area contributed by atoms with E-state index in [-0.39, 0.29) is 5.78 Å². The minimum Gasteiger partial charge on any atom is -0.453 e. The molecular formula is C12H13NO2. The van der Waals surface area contributed by atoms with Gasteiger partial charge in [-0.05, 0) is 19.9 Å². The van der Waals surface area contributed by atoms with Crippen molar-refractivity contribution in [2.45, 2.75) is 19.9 Å². The summed E-state index contributed by atoms with van der Waals surface area (Å²) < 4.78 is 5.49. The summed E-state index contributed by atoms with van der Waals surface area (Å²) in [5, 5.41) is 0.974. The first-order valence-corrected chi connectivity index (χ1v) is 4.89. The van der Waals surface area contributed by atoms with Crippen molar-refractivity contribution >= 4 is 16.8 Å². The van der Waals surface area contributed by atoms with E-state index >= 15 is 0 Å². The lowest BCUT2D eigenvalue weighted by atomic mass is 10.1. The molecule has 0 fully saturated rings. The zero-order valence-electron chi connectivity index (χ0n) is 8.78. The second kappa shape index (κ2) is 3.51. The number of carbonyl (C=O) groups is 1. The van der Waals surface area contributed by atoms with Gasteiger partial charge >= 0.3 is 0 Å². The third-order valence-electron chi connectivity index (χ3n) is 2.48. The predicted molar refractivity (Wildman–Crippen MR) is 58.9 cm³/mol. The maximum atomic E-state index is 11.7. The zero-order chi connectivity index (χ0) is 11.0. The lowest BCUT2D eigenvalue weighted by Crippen LogP contribution is -2.26. The molecule has 1 heterocycles. The van der Waals surface area contributed by atoms with Crippen LogP contribution >= 0.6 is 0 Å². The molecule has 78 valence electrons. The second-order valence-corrected chi connectivity index (χ2v) is 3.71. The van der Waals surface area contributed by atoms with Crippen molar-refractivity contribution in [1.82, 2.24) is 0 Å². The number of rotatable bonds is 2. The fraction of sp³-hybridized carbons (Fsp3) is 0.250. The molecule has 0 amide bonds. The Morgan fingerprint density at radius 1 is 1.40 bits per heavy atom. The maximum absolute atomic E-state index is 11.7. The van der Waals surface area contributed by atoms with Gasteiger partial charge in [0, 0.05) is 10.9 Å². The number of Topliss-reactive ketones (excluding diaryl/α,β-unsaturated/α-hetero) is 1. The van der Waals surface area contributed by atoms with Gasteiger partial charge in [0.15, 0.2) is 5.76 Å². The number of benzene rings is 1. The number of para-hydroxylation sites is 1. The zero-order valence-corrected chi connectivity index (χ0v) is 8.78. The molecule has 0 aliphatic carbocycles. The molecule has 2 rings (SSSR count). The normalized spacial score (nSPS) is 13.0. The van der Waals surface area contributed by atoms with Gasteiger partial charge in [-0.25, -0.2) is 0 Å². The summed E-state index contributed by atoms with van der Waals surface area (Å²) in [5.41, 5.74) is 7.15. The Morgan fingerprint density at radius 2 is 2.07 bits per heavy atom. The van der Waals surface area contributed by atoms with Crippen molar-refractivity contribution in [3.63, 3.8) is 0 Å². The number of fused-ring (bicyclic) bond motifs is 1. The van der Waals surface area contributed by atoms with Crippen LogP contribution in [0.25, 0.3) is 11.0 Å². The summed E-state index contributed by atoms with van der Waals surface area (Å²) in [6.07, 6.45) is 0. The molecule has 0 aliphatic heterocycles. The van der Waals surface area contributed by atoms with Gasteiger partial charge in [-0.2, -0.15) is 0 Å². The van der Waals surface area contributed by atoms with E-state index in [0.717, 1.165) is 16.5 Å². The number of hydrogen-bond donors (Lipinski definition) is 1. The maximum Gasteiger partial charge on any atom is 0.214 e. The molecule has 0 spiro atoms. The molecule has 2 aromatic rings. The average Bonchev–Trinajstić information content (AvgIpc) is 2.56. The van der Waals surface area contributed by atoms with Crippen LogP contribution in [0.2, 0.25) is 0 Å². The molecule has 1 unspecified atom stereocenters. The van der Waals surface area contributed by atoms with Crippen LogP contribution in [0.3, 0.4) is 0 Å². The van der Waals surface area contributed by atoms with Crippen LogP contribution in [0.1, 0.15) is 23.0 Å². The smallest absolute Gasteiger partial charge is 0.214 e. The van der Waals surface area contributed by atoms with Crippen LogP contribution in [0.5, 0.6) is 0 Å². The molecule has 0 bridgehead atoms. The van der Waals surface area contributed by atoms with Crippen molar-refractivity contribution in [3.8, 4) is 0 Å². The van der Waals surface area contributed by atoms with Gasteiger partial charge in [0.2, 0.25) is 5.78 Å². The van der Waals surface area contributed by atoms with Crippen LogP contribution in [0.15, 0.2) is 28.7 Å². The molecule has 0 aliphatic rings. The summed E-state index contributed by atoms with van der Waals surface area (Å²) >= 11 is 0. The molecule has 0 saturated heterocycles. The molecular weight excluding hydrogens is 190 g/mol. The highest BCUT2D eigenvalue weighted by molar-refractivity contribution is 6.02. The fourth-order valence-electron chi connectivity index (χ4n) is 1.62. The lowest BCUT2D eigenvalue weighted by molar-refractivity contribution is 0.0942. The number of carbonyl (C=O) groups excluding carboxylic acids is 1. The van der Waals surface area contributed by atoms with E-state index in [4.69, 9.17) is 10.2 Å². The Hall–Kier alpha value is -1.61. The highest BCUT2D eigenvalue weighted by Crippen LogP contribution is 2.25. The van der Waals surface area contributed by atoms with Crippen molar-refractivity contribution in [2.75, 3.05) is 0 Å². The molecule has 0 saturated carbocycles. The summed E-state index contributed by atoms with van der Waals surface area (Å²) in [4.78, 5) is 11.7. The van der Waals surface area contributed by atoms with Crippen molar-refractivity contribution < 1.29 is 9.21 Å². The van der Waals surface area contributed by atoms with Crippen LogP contribution in [-0.4, -0.2) is 11.8 Å². The van der Waals surface area contributed by atoms with E-state index < -0.39 is 6.04 Å². The first-order valence-electron chi connectivity index (χ1n) is 4.89. The number of ketones is 1. The average molecular weight is 203 g/mol. The second-order valence-electron chi connectivity index (χ2n) is 3.71. The summed E-state index contributed by atoms with van der Waals surface area (Å²) in [6, 6.07) is 7.06. The summed E-state index contributed by atoms with van der Waals surface area (Å²) in [5.74, 6) is 0.231. The minimum atomic E-state index is -0.524. The molecule has 3 heteroatoms. The lowest BCUT2D eigenvalue weighted by Gasteiger charge is -2.00.